The SMILES string of the molecule is CO[C@H]1O[C@H](COC(=O)c2ccccc2)[C@H](S(C)(=O)=O)[C@H](S(C)(=O)=O)[C@H]1OC(=O)c1ccccc1. The minimum absolute atomic E-state index is 0.129. The van der Waals surface area contributed by atoms with Gasteiger partial charge in [0.15, 0.2) is 32.1 Å². The molecule has 0 radical (unpaired) electrons. The van der Waals surface area contributed by atoms with Crippen molar-refractivity contribution in [1.82, 2.24) is 0 Å². The van der Waals surface area contributed by atoms with E-state index in [4.69, 9.17) is 18.9 Å². The molecule has 12 heteroatoms. The molecule has 2 aromatic rings. The molecule has 2 aromatic carbocycles. The Hall–Kier alpha value is -2.80. The van der Waals surface area contributed by atoms with Crippen molar-refractivity contribution in [3.8, 4) is 0 Å². The maximum absolute atomic E-state index is 12.9. The number of carbonyl (C=O) groups is 2. The number of sulfone groups is 2. The van der Waals surface area contributed by atoms with Gasteiger partial charge in [-0.25, -0.2) is 26.4 Å². The highest BCUT2D eigenvalue weighted by Gasteiger charge is 2.57. The number of hydrogen-bond donors (Lipinski definition) is 0. The molecule has 0 aromatic heterocycles. The van der Waals surface area contributed by atoms with Gasteiger partial charge in [0.25, 0.3) is 0 Å². The normalized spacial score (nSPS) is 24.9. The van der Waals surface area contributed by atoms with Crippen molar-refractivity contribution < 1.29 is 45.4 Å². The van der Waals surface area contributed by atoms with E-state index in [1.807, 2.05) is 0 Å². The van der Waals surface area contributed by atoms with E-state index in [1.54, 1.807) is 36.4 Å². The van der Waals surface area contributed by atoms with Crippen LogP contribution in [0.3, 0.4) is 0 Å². The minimum Gasteiger partial charge on any atom is -0.459 e. The molecule has 35 heavy (non-hydrogen) atoms. The molecule has 0 aliphatic carbocycles. The summed E-state index contributed by atoms with van der Waals surface area (Å²) in [4.78, 5) is 25.1. The largest absolute Gasteiger partial charge is 0.459 e. The van der Waals surface area contributed by atoms with Crippen molar-refractivity contribution >= 4 is 31.6 Å². The second-order valence-electron chi connectivity index (χ2n) is 8.07. The number of hydrogen-bond acceptors (Lipinski definition) is 10. The van der Waals surface area contributed by atoms with Gasteiger partial charge in [0.2, 0.25) is 0 Å². The lowest BCUT2D eigenvalue weighted by atomic mass is 10.0. The van der Waals surface area contributed by atoms with Gasteiger partial charge in [0.1, 0.15) is 23.2 Å². The summed E-state index contributed by atoms with van der Waals surface area (Å²) in [7, 11) is -7.09. The van der Waals surface area contributed by atoms with E-state index < -0.39 is 67.2 Å². The molecule has 0 N–H and O–H groups in total. The Labute approximate surface area is 204 Å². The maximum atomic E-state index is 12.9. The highest BCUT2D eigenvalue weighted by Crippen LogP contribution is 2.33. The first-order chi connectivity index (χ1) is 16.4. The van der Waals surface area contributed by atoms with Crippen LogP contribution in [-0.2, 0) is 38.6 Å². The lowest BCUT2D eigenvalue weighted by Crippen LogP contribution is -2.64. The van der Waals surface area contributed by atoms with E-state index in [-0.39, 0.29) is 11.1 Å². The fourth-order valence-electron chi connectivity index (χ4n) is 3.91. The average Bonchev–Trinajstić information content (AvgIpc) is 2.82. The topological polar surface area (TPSA) is 139 Å². The third kappa shape index (κ3) is 6.45. The van der Waals surface area contributed by atoms with E-state index in [2.05, 4.69) is 0 Å². The number of methoxy groups -OCH3 is 1. The van der Waals surface area contributed by atoms with Crippen LogP contribution in [0.5, 0.6) is 0 Å². The van der Waals surface area contributed by atoms with E-state index in [1.165, 1.54) is 31.4 Å². The zero-order valence-electron chi connectivity index (χ0n) is 19.3. The van der Waals surface area contributed by atoms with Gasteiger partial charge in [-0.2, -0.15) is 0 Å². The average molecular weight is 527 g/mol. The lowest BCUT2D eigenvalue weighted by Gasteiger charge is -2.43. The van der Waals surface area contributed by atoms with Crippen molar-refractivity contribution in [2.45, 2.75) is 29.0 Å². The molecule has 3 rings (SSSR count). The molecule has 1 heterocycles. The summed E-state index contributed by atoms with van der Waals surface area (Å²) in [6.07, 6.45) is -2.78. The van der Waals surface area contributed by atoms with Crippen LogP contribution in [0, 0.1) is 0 Å². The number of carbonyl (C=O) groups excluding carboxylic acids is 2. The monoisotopic (exact) mass is 526 g/mol. The smallest absolute Gasteiger partial charge is 0.338 e. The van der Waals surface area contributed by atoms with Crippen LogP contribution in [0.15, 0.2) is 60.7 Å². The molecule has 1 saturated heterocycles. The van der Waals surface area contributed by atoms with Crippen LogP contribution in [0.25, 0.3) is 0 Å². The molecule has 0 saturated carbocycles. The Balaban J connectivity index is 1.95. The molecule has 190 valence electrons. The van der Waals surface area contributed by atoms with Crippen molar-refractivity contribution in [3.05, 3.63) is 71.8 Å². The molecule has 1 aliphatic heterocycles. The number of benzene rings is 2. The van der Waals surface area contributed by atoms with Crippen LogP contribution < -0.4 is 0 Å². The summed E-state index contributed by atoms with van der Waals surface area (Å²) < 4.78 is 73.0. The van der Waals surface area contributed by atoms with Crippen LogP contribution in [0.1, 0.15) is 20.7 Å². The van der Waals surface area contributed by atoms with Gasteiger partial charge < -0.3 is 18.9 Å². The zero-order chi connectivity index (χ0) is 25.8. The lowest BCUT2D eigenvalue weighted by molar-refractivity contribution is -0.230. The Morgan fingerprint density at radius 1 is 0.800 bits per heavy atom. The summed E-state index contributed by atoms with van der Waals surface area (Å²) in [5, 5.41) is -3.45. The van der Waals surface area contributed by atoms with Gasteiger partial charge in [-0.15, -0.1) is 0 Å². The molecule has 10 nitrogen and oxygen atoms in total. The zero-order valence-corrected chi connectivity index (χ0v) is 20.9. The third-order valence-electron chi connectivity index (χ3n) is 5.45. The van der Waals surface area contributed by atoms with Gasteiger partial charge in [-0.3, -0.25) is 0 Å². The van der Waals surface area contributed by atoms with Crippen molar-refractivity contribution in [1.29, 1.82) is 0 Å². The molecule has 1 fully saturated rings. The van der Waals surface area contributed by atoms with Gasteiger partial charge >= 0.3 is 11.9 Å². The van der Waals surface area contributed by atoms with Crippen molar-refractivity contribution in [2.75, 3.05) is 26.2 Å². The number of rotatable bonds is 8. The van der Waals surface area contributed by atoms with E-state index in [9.17, 15) is 26.4 Å². The first kappa shape index (κ1) is 26.8. The van der Waals surface area contributed by atoms with Gasteiger partial charge in [-0.1, -0.05) is 36.4 Å². The van der Waals surface area contributed by atoms with Gasteiger partial charge in [-0.05, 0) is 24.3 Å². The highest BCUT2D eigenvalue weighted by atomic mass is 32.2. The van der Waals surface area contributed by atoms with E-state index in [0.717, 1.165) is 12.5 Å². The van der Waals surface area contributed by atoms with E-state index in [0.29, 0.717) is 0 Å². The summed E-state index contributed by atoms with van der Waals surface area (Å²) in [6.45, 7) is -0.573. The maximum Gasteiger partial charge on any atom is 0.338 e. The second-order valence-corrected chi connectivity index (χ2v) is 12.5. The minimum atomic E-state index is -4.16. The van der Waals surface area contributed by atoms with Crippen molar-refractivity contribution in [3.63, 3.8) is 0 Å². The first-order valence-corrected chi connectivity index (χ1v) is 14.4. The molecular weight excluding hydrogens is 500 g/mol. The van der Waals surface area contributed by atoms with Gasteiger partial charge in [0.05, 0.1) is 11.1 Å². The number of esters is 2. The summed E-state index contributed by atoms with van der Waals surface area (Å²) in [6, 6.07) is 15.8. The van der Waals surface area contributed by atoms with Crippen LogP contribution in [0.4, 0.5) is 0 Å². The second kappa shape index (κ2) is 10.9. The molecule has 5 atom stereocenters. The van der Waals surface area contributed by atoms with Crippen LogP contribution >= 0.6 is 0 Å². The molecular formula is C23H26O10S2. The predicted molar refractivity (Wildman–Crippen MR) is 125 cm³/mol. The molecule has 0 unspecified atom stereocenters. The van der Waals surface area contributed by atoms with E-state index >= 15 is 0 Å². The fourth-order valence-corrected chi connectivity index (χ4v) is 7.80. The fraction of sp³-hybridized carbons (Fsp3) is 0.391. The first-order valence-electron chi connectivity index (χ1n) is 10.5. The van der Waals surface area contributed by atoms with Gasteiger partial charge in [0, 0.05) is 19.6 Å². The molecule has 1 aliphatic rings. The van der Waals surface area contributed by atoms with Crippen molar-refractivity contribution in [2.24, 2.45) is 0 Å². The standard InChI is InChI=1S/C23H26O10S2/c1-30-23-18(33-22(25)16-12-8-5-9-13-16)20(35(3,28)29)19(34(2,26)27)17(32-23)14-31-21(24)15-10-6-4-7-11-15/h4-13,17-20,23H,14H2,1-3H3/t17-,18-,19+,20-,23+/m1/s1. The third-order valence-corrected chi connectivity index (χ3v) is 8.76. The van der Waals surface area contributed by atoms with Crippen LogP contribution in [0.2, 0.25) is 0 Å². The summed E-state index contributed by atoms with van der Waals surface area (Å²) >= 11 is 0. The molecule has 0 spiro atoms. The summed E-state index contributed by atoms with van der Waals surface area (Å²) in [5.41, 5.74) is 0.348. The molecule has 0 bridgehead atoms. The Morgan fingerprint density at radius 2 is 1.29 bits per heavy atom. The summed E-state index contributed by atoms with van der Waals surface area (Å²) in [5.74, 6) is -1.62. The number of ether oxygens (including phenoxy) is 4. The Kier molecular flexibility index (Phi) is 8.31. The quantitative estimate of drug-likeness (QED) is 0.462. The highest BCUT2D eigenvalue weighted by molar-refractivity contribution is 7.95. The Morgan fingerprint density at radius 3 is 1.74 bits per heavy atom. The molecule has 0 amide bonds. The van der Waals surface area contributed by atoms with Crippen LogP contribution in [-0.4, -0.2) is 84.0 Å². The predicted octanol–water partition coefficient (Wildman–Crippen LogP) is 1.27. The Bertz CT molecular complexity index is 1240.